The van der Waals surface area contributed by atoms with Crippen LogP contribution in [0.15, 0.2) is 42.9 Å². The number of hydrogen-bond donors (Lipinski definition) is 2. The second-order valence-electron chi connectivity index (χ2n) is 7.08. The molecule has 2 atom stereocenters. The van der Waals surface area contributed by atoms with E-state index in [0.717, 1.165) is 41.6 Å². The number of nitrogens with one attached hydrogen (secondary N) is 1. The van der Waals surface area contributed by atoms with Crippen molar-refractivity contribution >= 4 is 23.3 Å². The van der Waals surface area contributed by atoms with Crippen LogP contribution in [0.4, 0.5) is 11.5 Å². The zero-order valence-corrected chi connectivity index (χ0v) is 15.5. The number of anilines is 2. The van der Waals surface area contributed by atoms with Gasteiger partial charge in [-0.3, -0.25) is 4.90 Å². The van der Waals surface area contributed by atoms with Gasteiger partial charge in [-0.25, -0.2) is 9.50 Å². The van der Waals surface area contributed by atoms with E-state index in [0.29, 0.717) is 18.9 Å². The quantitative estimate of drug-likeness (QED) is 0.523. The number of nitrogens with zero attached hydrogens (tertiary/aromatic N) is 4. The molecular formula is C21H22N6O. The van der Waals surface area contributed by atoms with Crippen LogP contribution in [0.3, 0.4) is 0 Å². The third-order valence-electron chi connectivity index (χ3n) is 5.20. The summed E-state index contributed by atoms with van der Waals surface area (Å²) in [6.07, 6.45) is 10.7. The molecule has 4 rings (SSSR count). The van der Waals surface area contributed by atoms with Crippen molar-refractivity contribution in [2.45, 2.75) is 19.0 Å². The van der Waals surface area contributed by atoms with E-state index in [9.17, 15) is 4.79 Å². The minimum absolute atomic E-state index is 0.0523. The lowest BCUT2D eigenvalue weighted by Gasteiger charge is -2.34. The topological polar surface area (TPSA) is 88.6 Å². The molecule has 0 spiro atoms. The molecule has 1 fully saturated rings. The first-order chi connectivity index (χ1) is 13.7. The van der Waals surface area contributed by atoms with E-state index in [4.69, 9.17) is 12.2 Å². The lowest BCUT2D eigenvalue weighted by atomic mass is 9.94. The molecule has 28 heavy (non-hydrogen) atoms. The number of fused-ring (bicyclic) bond motifs is 1. The summed E-state index contributed by atoms with van der Waals surface area (Å²) in [6.45, 7) is 2.24. The molecule has 3 heterocycles. The van der Waals surface area contributed by atoms with Gasteiger partial charge in [0.05, 0.1) is 0 Å². The van der Waals surface area contributed by atoms with Gasteiger partial charge < -0.3 is 15.8 Å². The van der Waals surface area contributed by atoms with Crippen molar-refractivity contribution in [2.75, 3.05) is 18.4 Å². The minimum atomic E-state index is -0.122. The Morgan fingerprint density at radius 1 is 1.39 bits per heavy atom. The normalized spacial score (nSPS) is 20.0. The number of terminal acetylenes is 1. The maximum absolute atomic E-state index is 11.3. The smallest absolute Gasteiger partial charge is 0.158 e. The monoisotopic (exact) mass is 374 g/mol. The SMILES string of the molecule is C#Cc1cccc(Nc2ncnn3ccc(CN4CC[C@@H](N)C(C=O)C4)c23)c1. The first-order valence-corrected chi connectivity index (χ1v) is 9.26. The van der Waals surface area contributed by atoms with Crippen LogP contribution in [0.2, 0.25) is 0 Å². The summed E-state index contributed by atoms with van der Waals surface area (Å²) in [6, 6.07) is 9.63. The number of benzene rings is 1. The molecule has 3 aromatic rings. The van der Waals surface area contributed by atoms with Crippen LogP contribution in [0.5, 0.6) is 0 Å². The van der Waals surface area contributed by atoms with E-state index in [1.165, 1.54) is 6.33 Å². The maximum atomic E-state index is 11.3. The summed E-state index contributed by atoms with van der Waals surface area (Å²) in [4.78, 5) is 18.0. The number of aldehydes is 1. The van der Waals surface area contributed by atoms with Crippen LogP contribution in [0.1, 0.15) is 17.5 Å². The molecule has 7 nitrogen and oxygen atoms in total. The summed E-state index contributed by atoms with van der Waals surface area (Å²) in [7, 11) is 0. The van der Waals surface area contributed by atoms with Crippen molar-refractivity contribution in [3.63, 3.8) is 0 Å². The standard InChI is InChI=1S/C21H22N6O/c1-2-15-4-3-5-18(10-15)25-21-20-16(6-9-27(20)24-14-23-21)11-26-8-7-19(22)17(12-26)13-28/h1,3-6,9-10,13-14,17,19H,7-8,11-12,22H2,(H,23,24,25)/t17?,19-/m1/s1. The summed E-state index contributed by atoms with van der Waals surface area (Å²) in [5.74, 6) is 3.23. The molecule has 1 aliphatic heterocycles. The Kier molecular flexibility index (Phi) is 5.06. The van der Waals surface area contributed by atoms with E-state index in [1.54, 1.807) is 0 Å². The maximum Gasteiger partial charge on any atom is 0.158 e. The fourth-order valence-corrected chi connectivity index (χ4v) is 3.66. The summed E-state index contributed by atoms with van der Waals surface area (Å²) in [5.41, 5.74) is 9.72. The van der Waals surface area contributed by atoms with E-state index in [2.05, 4.69) is 26.2 Å². The lowest BCUT2D eigenvalue weighted by Crippen LogP contribution is -2.47. The molecule has 2 aromatic heterocycles. The lowest BCUT2D eigenvalue weighted by molar-refractivity contribution is -0.113. The average Bonchev–Trinajstić information content (AvgIpc) is 3.13. The van der Waals surface area contributed by atoms with Gasteiger partial charge in [-0.2, -0.15) is 5.10 Å². The van der Waals surface area contributed by atoms with Gasteiger partial charge in [0.15, 0.2) is 5.82 Å². The highest BCUT2D eigenvalue weighted by atomic mass is 16.1. The predicted octanol–water partition coefficient (Wildman–Crippen LogP) is 1.80. The molecule has 1 aliphatic rings. The zero-order valence-electron chi connectivity index (χ0n) is 15.5. The van der Waals surface area contributed by atoms with E-state index >= 15 is 0 Å². The van der Waals surface area contributed by atoms with E-state index < -0.39 is 0 Å². The van der Waals surface area contributed by atoms with Crippen molar-refractivity contribution in [3.05, 3.63) is 54.0 Å². The van der Waals surface area contributed by atoms with Gasteiger partial charge in [-0.1, -0.05) is 12.0 Å². The Balaban J connectivity index is 1.62. The van der Waals surface area contributed by atoms with Crippen LogP contribution in [0.25, 0.3) is 5.52 Å². The molecule has 1 aromatic carbocycles. The second kappa shape index (κ2) is 7.80. The van der Waals surface area contributed by atoms with Gasteiger partial charge in [0, 0.05) is 49.0 Å². The Hall–Kier alpha value is -3.21. The first-order valence-electron chi connectivity index (χ1n) is 9.26. The second-order valence-corrected chi connectivity index (χ2v) is 7.08. The highest BCUT2D eigenvalue weighted by Crippen LogP contribution is 2.25. The highest BCUT2D eigenvalue weighted by molar-refractivity contribution is 5.76. The largest absolute Gasteiger partial charge is 0.338 e. The number of aromatic nitrogens is 3. The summed E-state index contributed by atoms with van der Waals surface area (Å²) in [5, 5.41) is 7.66. The van der Waals surface area contributed by atoms with Gasteiger partial charge in [0.25, 0.3) is 0 Å². The van der Waals surface area contributed by atoms with Gasteiger partial charge in [-0.05, 0) is 36.2 Å². The average molecular weight is 374 g/mol. The van der Waals surface area contributed by atoms with E-state index in [1.807, 2.05) is 41.0 Å². The molecular weight excluding hydrogens is 352 g/mol. The van der Waals surface area contributed by atoms with Gasteiger partial charge in [0.1, 0.15) is 18.1 Å². The molecule has 1 saturated heterocycles. The van der Waals surface area contributed by atoms with Crippen LogP contribution in [-0.2, 0) is 11.3 Å². The third-order valence-corrected chi connectivity index (χ3v) is 5.20. The van der Waals surface area contributed by atoms with Gasteiger partial charge in [-0.15, -0.1) is 6.42 Å². The van der Waals surface area contributed by atoms with Crippen molar-refractivity contribution in [3.8, 4) is 12.3 Å². The summed E-state index contributed by atoms with van der Waals surface area (Å²) >= 11 is 0. The molecule has 0 saturated carbocycles. The third kappa shape index (κ3) is 3.60. The number of carbonyl (C=O) groups is 1. The van der Waals surface area contributed by atoms with Crippen LogP contribution >= 0.6 is 0 Å². The first kappa shape index (κ1) is 18.2. The van der Waals surface area contributed by atoms with Crippen LogP contribution in [0, 0.1) is 18.3 Å². The fourth-order valence-electron chi connectivity index (χ4n) is 3.66. The molecule has 0 aliphatic carbocycles. The van der Waals surface area contributed by atoms with E-state index in [-0.39, 0.29) is 12.0 Å². The number of carbonyl (C=O) groups excluding carboxylic acids is 1. The number of rotatable bonds is 5. The molecule has 1 unspecified atom stereocenters. The van der Waals surface area contributed by atoms with Gasteiger partial charge >= 0.3 is 0 Å². The number of likely N-dealkylation sites (tertiary alicyclic amines) is 1. The molecule has 0 amide bonds. The Morgan fingerprint density at radius 2 is 2.29 bits per heavy atom. The van der Waals surface area contributed by atoms with Crippen molar-refractivity contribution in [1.29, 1.82) is 0 Å². The Bertz CT molecular complexity index is 1040. The number of nitrogens with two attached hydrogens (primary N) is 1. The number of piperidine rings is 1. The van der Waals surface area contributed by atoms with Crippen molar-refractivity contribution < 1.29 is 4.79 Å². The molecule has 142 valence electrons. The van der Waals surface area contributed by atoms with Gasteiger partial charge in [0.2, 0.25) is 0 Å². The molecule has 3 N–H and O–H groups in total. The predicted molar refractivity (Wildman–Crippen MR) is 108 cm³/mol. The fraction of sp³-hybridized carbons (Fsp3) is 0.286. The molecule has 7 heteroatoms. The minimum Gasteiger partial charge on any atom is -0.338 e. The Labute approximate surface area is 163 Å². The molecule has 0 radical (unpaired) electrons. The molecule has 0 bridgehead atoms. The highest BCUT2D eigenvalue weighted by Gasteiger charge is 2.27. The Morgan fingerprint density at radius 3 is 3.11 bits per heavy atom. The van der Waals surface area contributed by atoms with Crippen LogP contribution in [-0.4, -0.2) is 44.9 Å². The van der Waals surface area contributed by atoms with Crippen molar-refractivity contribution in [1.82, 2.24) is 19.5 Å². The zero-order chi connectivity index (χ0) is 19.5. The van der Waals surface area contributed by atoms with Crippen LogP contribution < -0.4 is 11.1 Å². The number of hydrogen-bond acceptors (Lipinski definition) is 6. The van der Waals surface area contributed by atoms with Crippen molar-refractivity contribution in [2.24, 2.45) is 11.7 Å². The summed E-state index contributed by atoms with van der Waals surface area (Å²) < 4.78 is 1.81.